The molecule has 0 unspecified atom stereocenters. The lowest BCUT2D eigenvalue weighted by Crippen LogP contribution is -2.25. The minimum Gasteiger partial charge on any atom is -0.446 e. The number of carbonyl (C=O) groups excluding carboxylic acids is 1. The molecule has 0 saturated heterocycles. The quantitative estimate of drug-likeness (QED) is 0.870. The summed E-state index contributed by atoms with van der Waals surface area (Å²) in [4.78, 5) is 13.9. The van der Waals surface area contributed by atoms with Gasteiger partial charge in [0.05, 0.1) is 0 Å². The van der Waals surface area contributed by atoms with Crippen molar-refractivity contribution in [3.8, 4) is 0 Å². The summed E-state index contributed by atoms with van der Waals surface area (Å²) in [6.07, 6.45) is -0.626. The molecule has 1 aliphatic heterocycles. The van der Waals surface area contributed by atoms with Crippen molar-refractivity contribution in [2.45, 2.75) is 13.2 Å². The van der Waals surface area contributed by atoms with E-state index in [1.807, 2.05) is 43.3 Å². The largest absolute Gasteiger partial charge is 0.446 e. The predicted octanol–water partition coefficient (Wildman–Crippen LogP) is 3.13. The average Bonchev–Trinajstić information content (AvgIpc) is 3.01. The summed E-state index contributed by atoms with van der Waals surface area (Å²) in [6, 6.07) is 13.5. The summed E-state index contributed by atoms with van der Waals surface area (Å²) in [7, 11) is 3.91. The molecule has 1 aliphatic rings. The number of halogens is 1. The second kappa shape index (κ2) is 6.31. The third kappa shape index (κ3) is 3.08. The second-order valence-electron chi connectivity index (χ2n) is 5.73. The van der Waals surface area contributed by atoms with E-state index in [1.54, 1.807) is 12.1 Å². The van der Waals surface area contributed by atoms with Gasteiger partial charge in [-0.2, -0.15) is 5.01 Å². The molecule has 0 saturated carbocycles. The van der Waals surface area contributed by atoms with Gasteiger partial charge < -0.3 is 9.64 Å². The monoisotopic (exact) mass is 327 g/mol. The van der Waals surface area contributed by atoms with Gasteiger partial charge in [-0.25, -0.2) is 4.39 Å². The maximum atomic E-state index is 13.1. The van der Waals surface area contributed by atoms with Gasteiger partial charge in [-0.1, -0.05) is 12.1 Å². The van der Waals surface area contributed by atoms with Gasteiger partial charge in [0.15, 0.2) is 0 Å². The Bertz CT molecular complexity index is 770. The van der Waals surface area contributed by atoms with Gasteiger partial charge in [-0.3, -0.25) is 4.79 Å². The van der Waals surface area contributed by atoms with E-state index in [1.165, 1.54) is 24.1 Å². The molecular weight excluding hydrogens is 309 g/mol. The van der Waals surface area contributed by atoms with Crippen molar-refractivity contribution in [2.75, 3.05) is 19.0 Å². The number of amides is 1. The highest BCUT2D eigenvalue weighted by Gasteiger charge is 2.33. The molecule has 2 aromatic rings. The first kappa shape index (κ1) is 16.0. The zero-order valence-corrected chi connectivity index (χ0v) is 13.7. The van der Waals surface area contributed by atoms with Gasteiger partial charge >= 0.3 is 0 Å². The lowest BCUT2D eigenvalue weighted by molar-refractivity contribution is -0.135. The number of benzene rings is 2. The molecule has 3 rings (SSSR count). The molecule has 0 N–H and O–H groups in total. The Kier molecular flexibility index (Phi) is 4.20. The minimum atomic E-state index is -0.626. The molecule has 0 fully saturated rings. The van der Waals surface area contributed by atoms with Crippen molar-refractivity contribution >= 4 is 17.5 Å². The molecule has 1 heterocycles. The van der Waals surface area contributed by atoms with Crippen molar-refractivity contribution in [3.63, 3.8) is 0 Å². The van der Waals surface area contributed by atoms with Gasteiger partial charge in [0, 0.05) is 37.8 Å². The van der Waals surface area contributed by atoms with Crippen LogP contribution < -0.4 is 4.90 Å². The van der Waals surface area contributed by atoms with Gasteiger partial charge in [-0.15, -0.1) is 5.10 Å². The number of hydrogen-bond donors (Lipinski definition) is 0. The fourth-order valence-corrected chi connectivity index (χ4v) is 2.43. The van der Waals surface area contributed by atoms with E-state index in [0.717, 1.165) is 11.3 Å². The lowest BCUT2D eigenvalue weighted by atomic mass is 10.1. The minimum absolute atomic E-state index is 0.228. The zero-order valence-electron chi connectivity index (χ0n) is 13.7. The Hall–Kier alpha value is -2.89. The fraction of sp³-hybridized carbons (Fsp3) is 0.222. The van der Waals surface area contributed by atoms with Crippen LogP contribution in [0.2, 0.25) is 0 Å². The van der Waals surface area contributed by atoms with Crippen LogP contribution in [-0.2, 0) is 9.53 Å². The molecule has 0 spiro atoms. The van der Waals surface area contributed by atoms with Crippen LogP contribution in [0.25, 0.3) is 0 Å². The van der Waals surface area contributed by atoms with Crippen molar-refractivity contribution < 1.29 is 13.9 Å². The predicted molar refractivity (Wildman–Crippen MR) is 90.1 cm³/mol. The molecule has 6 heteroatoms. The highest BCUT2D eigenvalue weighted by atomic mass is 19.1. The number of hydrazone groups is 1. The molecule has 0 aliphatic carbocycles. The van der Waals surface area contributed by atoms with Crippen molar-refractivity contribution in [2.24, 2.45) is 5.10 Å². The summed E-state index contributed by atoms with van der Waals surface area (Å²) in [5, 5.41) is 5.54. The number of anilines is 1. The van der Waals surface area contributed by atoms with Gasteiger partial charge in [-0.05, 0) is 36.4 Å². The highest BCUT2D eigenvalue weighted by molar-refractivity contribution is 5.96. The van der Waals surface area contributed by atoms with Crippen molar-refractivity contribution in [3.05, 3.63) is 65.5 Å². The Labute approximate surface area is 139 Å². The fourth-order valence-electron chi connectivity index (χ4n) is 2.43. The first-order valence-corrected chi connectivity index (χ1v) is 7.54. The standard InChI is InChI=1S/C18H18FN3O2/c1-12(23)22-18(14-6-10-16(11-7-14)21(2)3)24-17(20-22)13-4-8-15(19)9-5-13/h4-11,18H,1-3H3/t18-/m0/s1. The molecule has 0 radical (unpaired) electrons. The Morgan fingerprint density at radius 3 is 2.29 bits per heavy atom. The van der Waals surface area contributed by atoms with Crippen LogP contribution in [0, 0.1) is 5.82 Å². The molecule has 1 atom stereocenters. The summed E-state index contributed by atoms with van der Waals surface area (Å²) in [5.41, 5.74) is 2.48. The SMILES string of the molecule is CC(=O)N1N=C(c2ccc(F)cc2)O[C@H]1c1ccc(N(C)C)cc1. The van der Waals surface area contributed by atoms with Gasteiger partial charge in [0.25, 0.3) is 0 Å². The third-order valence-corrected chi connectivity index (χ3v) is 3.75. The Morgan fingerprint density at radius 2 is 1.75 bits per heavy atom. The molecule has 24 heavy (non-hydrogen) atoms. The van der Waals surface area contributed by atoms with Gasteiger partial charge in [0.1, 0.15) is 5.82 Å². The normalized spacial score (nSPS) is 16.6. The van der Waals surface area contributed by atoms with Crippen LogP contribution in [0.5, 0.6) is 0 Å². The van der Waals surface area contributed by atoms with Crippen LogP contribution in [-0.4, -0.2) is 30.9 Å². The van der Waals surface area contributed by atoms with Crippen LogP contribution in [0.15, 0.2) is 53.6 Å². The molecule has 5 nitrogen and oxygen atoms in total. The molecule has 124 valence electrons. The smallest absolute Gasteiger partial charge is 0.243 e. The summed E-state index contributed by atoms with van der Waals surface area (Å²) in [5.74, 6) is -0.266. The zero-order chi connectivity index (χ0) is 17.3. The topological polar surface area (TPSA) is 45.1 Å². The Morgan fingerprint density at radius 1 is 1.12 bits per heavy atom. The van der Waals surface area contributed by atoms with E-state index in [2.05, 4.69) is 5.10 Å². The first-order valence-electron chi connectivity index (χ1n) is 7.54. The van der Waals surface area contributed by atoms with E-state index in [0.29, 0.717) is 11.5 Å². The number of hydrogen-bond acceptors (Lipinski definition) is 4. The van der Waals surface area contributed by atoms with Crippen LogP contribution >= 0.6 is 0 Å². The molecule has 2 aromatic carbocycles. The van der Waals surface area contributed by atoms with Gasteiger partial charge in [0.2, 0.25) is 18.0 Å². The van der Waals surface area contributed by atoms with E-state index >= 15 is 0 Å². The number of nitrogens with zero attached hydrogens (tertiary/aromatic N) is 3. The van der Waals surface area contributed by atoms with E-state index in [-0.39, 0.29) is 11.7 Å². The molecule has 0 aromatic heterocycles. The third-order valence-electron chi connectivity index (χ3n) is 3.75. The van der Waals surface area contributed by atoms with Crippen LogP contribution in [0.3, 0.4) is 0 Å². The average molecular weight is 327 g/mol. The van der Waals surface area contributed by atoms with Crippen molar-refractivity contribution in [1.29, 1.82) is 0 Å². The van der Waals surface area contributed by atoms with E-state index < -0.39 is 6.23 Å². The molecular formula is C18H18FN3O2. The number of ether oxygens (including phenoxy) is 1. The summed E-state index contributed by atoms with van der Waals surface area (Å²) < 4.78 is 18.9. The maximum Gasteiger partial charge on any atom is 0.243 e. The van der Waals surface area contributed by atoms with Crippen LogP contribution in [0.1, 0.15) is 24.3 Å². The number of carbonyl (C=O) groups is 1. The maximum absolute atomic E-state index is 13.1. The lowest BCUT2D eigenvalue weighted by Gasteiger charge is -2.20. The van der Waals surface area contributed by atoms with Crippen molar-refractivity contribution in [1.82, 2.24) is 5.01 Å². The van der Waals surface area contributed by atoms with E-state index in [9.17, 15) is 9.18 Å². The molecule has 1 amide bonds. The molecule has 0 bridgehead atoms. The Balaban J connectivity index is 1.89. The summed E-state index contributed by atoms with van der Waals surface area (Å²) >= 11 is 0. The van der Waals surface area contributed by atoms with Crippen LogP contribution in [0.4, 0.5) is 10.1 Å². The first-order chi connectivity index (χ1) is 11.5. The highest BCUT2D eigenvalue weighted by Crippen LogP contribution is 2.31. The summed E-state index contributed by atoms with van der Waals surface area (Å²) in [6.45, 7) is 1.43. The number of rotatable bonds is 3. The van der Waals surface area contributed by atoms with E-state index in [4.69, 9.17) is 4.74 Å². The second-order valence-corrected chi connectivity index (χ2v) is 5.73.